The van der Waals surface area contributed by atoms with Crippen LogP contribution >= 0.6 is 0 Å². The second-order valence-electron chi connectivity index (χ2n) is 5.44. The number of unbranched alkanes of at least 4 members (excludes halogenated alkanes) is 6. The highest BCUT2D eigenvalue weighted by molar-refractivity contribution is 5.99. The lowest BCUT2D eigenvalue weighted by atomic mass is 10.1. The number of fused-ring (bicyclic) bond motifs is 1. The maximum atomic E-state index is 11.1. The predicted octanol–water partition coefficient (Wildman–Crippen LogP) is 4.82. The van der Waals surface area contributed by atoms with Gasteiger partial charge in [0.25, 0.3) is 0 Å². The normalized spacial score (nSPS) is 11.1. The summed E-state index contributed by atoms with van der Waals surface area (Å²) in [5, 5.41) is 9.12. The second-order valence-corrected chi connectivity index (χ2v) is 5.44. The zero-order valence-corrected chi connectivity index (χ0v) is 12.6. The Morgan fingerprint density at radius 1 is 1.14 bits per heavy atom. The Bertz CT molecular complexity index is 589. The van der Waals surface area contributed by atoms with Gasteiger partial charge in [0, 0.05) is 6.42 Å². The number of para-hydroxylation sites is 1. The molecule has 114 valence electrons. The van der Waals surface area contributed by atoms with E-state index in [0.717, 1.165) is 12.8 Å². The van der Waals surface area contributed by atoms with Gasteiger partial charge in [-0.05, 0) is 18.6 Å². The average molecular weight is 289 g/mol. The number of carbonyl (C=O) groups is 1. The van der Waals surface area contributed by atoms with Gasteiger partial charge in [0.1, 0.15) is 11.1 Å². The fourth-order valence-electron chi connectivity index (χ4n) is 2.50. The molecule has 1 N–H and O–H groups in total. The first-order valence-corrected chi connectivity index (χ1v) is 7.84. The molecule has 0 saturated carbocycles. The molecule has 1 aromatic heterocycles. The molecule has 0 amide bonds. The molecule has 1 aromatic carbocycles. The van der Waals surface area contributed by atoms with E-state index < -0.39 is 5.97 Å². The monoisotopic (exact) mass is 289 g/mol. The van der Waals surface area contributed by atoms with Crippen LogP contribution in [-0.2, 0) is 6.42 Å². The summed E-state index contributed by atoms with van der Waals surface area (Å²) in [5.74, 6) is -0.327. The van der Waals surface area contributed by atoms with Crippen LogP contribution < -0.4 is 0 Å². The minimum Gasteiger partial charge on any atom is -0.478 e. The fourth-order valence-corrected chi connectivity index (χ4v) is 2.50. The zero-order chi connectivity index (χ0) is 15.1. The van der Waals surface area contributed by atoms with E-state index in [2.05, 4.69) is 11.9 Å². The van der Waals surface area contributed by atoms with Gasteiger partial charge in [-0.1, -0.05) is 51.5 Å². The SMILES string of the molecule is CCCCCCCCCc1nc2cccc(C(=O)O)c2o1. The van der Waals surface area contributed by atoms with Crippen LogP contribution in [0, 0.1) is 0 Å². The van der Waals surface area contributed by atoms with Crippen molar-refractivity contribution < 1.29 is 14.3 Å². The van der Waals surface area contributed by atoms with Crippen LogP contribution in [0.15, 0.2) is 22.6 Å². The van der Waals surface area contributed by atoms with E-state index in [-0.39, 0.29) is 5.56 Å². The van der Waals surface area contributed by atoms with Crippen LogP contribution in [0.25, 0.3) is 11.1 Å². The number of aryl methyl sites for hydroxylation is 1. The summed E-state index contributed by atoms with van der Waals surface area (Å²) < 4.78 is 5.61. The third-order valence-electron chi connectivity index (χ3n) is 3.68. The largest absolute Gasteiger partial charge is 0.478 e. The molecule has 2 aromatic rings. The summed E-state index contributed by atoms with van der Waals surface area (Å²) in [5.41, 5.74) is 1.21. The highest BCUT2D eigenvalue weighted by atomic mass is 16.4. The minimum atomic E-state index is -0.973. The Labute approximate surface area is 125 Å². The standard InChI is InChI=1S/C17H23NO3/c1-2-3-4-5-6-7-8-12-15-18-14-11-9-10-13(17(19)20)16(14)21-15/h9-11H,2-8,12H2,1H3,(H,19,20). The van der Waals surface area contributed by atoms with E-state index in [1.807, 2.05) is 0 Å². The zero-order valence-electron chi connectivity index (χ0n) is 12.6. The van der Waals surface area contributed by atoms with Gasteiger partial charge >= 0.3 is 5.97 Å². The first-order valence-electron chi connectivity index (χ1n) is 7.84. The molecule has 0 unspecified atom stereocenters. The lowest BCUT2D eigenvalue weighted by Crippen LogP contribution is -1.95. The molecule has 1 heterocycles. The Kier molecular flexibility index (Phi) is 5.78. The van der Waals surface area contributed by atoms with Crippen molar-refractivity contribution in [3.63, 3.8) is 0 Å². The molecule has 2 rings (SSSR count). The molecule has 4 heteroatoms. The summed E-state index contributed by atoms with van der Waals surface area (Å²) in [6.07, 6.45) is 9.46. The molecule has 0 spiro atoms. The van der Waals surface area contributed by atoms with E-state index in [1.165, 1.54) is 38.5 Å². The number of aromatic nitrogens is 1. The number of hydrogen-bond acceptors (Lipinski definition) is 3. The predicted molar refractivity (Wildman–Crippen MR) is 82.7 cm³/mol. The van der Waals surface area contributed by atoms with Crippen LogP contribution in [0.1, 0.15) is 68.1 Å². The van der Waals surface area contributed by atoms with Gasteiger partial charge in [-0.2, -0.15) is 0 Å². The average Bonchev–Trinajstić information content (AvgIpc) is 2.88. The molecule has 21 heavy (non-hydrogen) atoms. The van der Waals surface area contributed by atoms with Gasteiger partial charge in [0.05, 0.1) is 0 Å². The van der Waals surface area contributed by atoms with E-state index >= 15 is 0 Å². The molecule has 0 radical (unpaired) electrons. The van der Waals surface area contributed by atoms with Gasteiger partial charge in [0.2, 0.25) is 0 Å². The number of rotatable bonds is 9. The summed E-state index contributed by atoms with van der Waals surface area (Å²) >= 11 is 0. The number of carboxylic acids is 1. The van der Waals surface area contributed by atoms with Crippen molar-refractivity contribution in [3.8, 4) is 0 Å². The number of hydrogen-bond donors (Lipinski definition) is 1. The second kappa shape index (κ2) is 7.81. The Morgan fingerprint density at radius 2 is 1.86 bits per heavy atom. The minimum absolute atomic E-state index is 0.186. The summed E-state index contributed by atoms with van der Waals surface area (Å²) in [4.78, 5) is 15.5. The topological polar surface area (TPSA) is 63.3 Å². The Morgan fingerprint density at radius 3 is 2.57 bits per heavy atom. The fraction of sp³-hybridized carbons (Fsp3) is 0.529. The smallest absolute Gasteiger partial charge is 0.339 e. The molecule has 0 fully saturated rings. The third kappa shape index (κ3) is 4.31. The van der Waals surface area contributed by atoms with Crippen LogP contribution in [0.3, 0.4) is 0 Å². The van der Waals surface area contributed by atoms with Crippen molar-refractivity contribution in [1.82, 2.24) is 4.98 Å². The quantitative estimate of drug-likeness (QED) is 0.672. The summed E-state index contributed by atoms with van der Waals surface area (Å²) in [6, 6.07) is 5.04. The molecular weight excluding hydrogens is 266 g/mol. The van der Waals surface area contributed by atoms with Crippen LogP contribution in [0.2, 0.25) is 0 Å². The van der Waals surface area contributed by atoms with Crippen LogP contribution in [-0.4, -0.2) is 16.1 Å². The van der Waals surface area contributed by atoms with Gasteiger partial charge in [-0.15, -0.1) is 0 Å². The molecule has 0 saturated heterocycles. The highest BCUT2D eigenvalue weighted by Crippen LogP contribution is 2.21. The third-order valence-corrected chi connectivity index (χ3v) is 3.68. The molecule has 0 bridgehead atoms. The summed E-state index contributed by atoms with van der Waals surface area (Å²) in [6.45, 7) is 2.22. The van der Waals surface area contributed by atoms with Crippen molar-refractivity contribution in [3.05, 3.63) is 29.7 Å². The van der Waals surface area contributed by atoms with Gasteiger partial charge < -0.3 is 9.52 Å². The first kappa shape index (κ1) is 15.5. The highest BCUT2D eigenvalue weighted by Gasteiger charge is 2.14. The number of nitrogens with zero attached hydrogens (tertiary/aromatic N) is 1. The van der Waals surface area contributed by atoms with Crippen LogP contribution in [0.5, 0.6) is 0 Å². The number of carboxylic acid groups (broad SMARTS) is 1. The van der Waals surface area contributed by atoms with E-state index in [0.29, 0.717) is 17.0 Å². The van der Waals surface area contributed by atoms with E-state index in [1.54, 1.807) is 18.2 Å². The molecular formula is C17H23NO3. The number of aromatic carboxylic acids is 1. The first-order chi connectivity index (χ1) is 10.2. The maximum Gasteiger partial charge on any atom is 0.339 e. The molecule has 0 aliphatic carbocycles. The van der Waals surface area contributed by atoms with Gasteiger partial charge in [-0.3, -0.25) is 0 Å². The van der Waals surface area contributed by atoms with Gasteiger partial charge in [0.15, 0.2) is 11.5 Å². The van der Waals surface area contributed by atoms with E-state index in [9.17, 15) is 4.79 Å². The molecule has 0 aliphatic rings. The van der Waals surface area contributed by atoms with Crippen molar-refractivity contribution in [2.45, 2.75) is 58.3 Å². The van der Waals surface area contributed by atoms with Gasteiger partial charge in [-0.25, -0.2) is 9.78 Å². The maximum absolute atomic E-state index is 11.1. The Balaban J connectivity index is 1.86. The number of oxazole rings is 1. The lowest BCUT2D eigenvalue weighted by molar-refractivity contribution is 0.0698. The lowest BCUT2D eigenvalue weighted by Gasteiger charge is -1.99. The van der Waals surface area contributed by atoms with Crippen molar-refractivity contribution in [1.29, 1.82) is 0 Å². The molecule has 0 atom stereocenters. The Hall–Kier alpha value is -1.84. The van der Waals surface area contributed by atoms with Crippen LogP contribution in [0.4, 0.5) is 0 Å². The van der Waals surface area contributed by atoms with Crippen molar-refractivity contribution in [2.75, 3.05) is 0 Å². The molecule has 0 aliphatic heterocycles. The molecule has 4 nitrogen and oxygen atoms in total. The summed E-state index contributed by atoms with van der Waals surface area (Å²) in [7, 11) is 0. The van der Waals surface area contributed by atoms with E-state index in [4.69, 9.17) is 9.52 Å². The van der Waals surface area contributed by atoms with Crippen molar-refractivity contribution >= 4 is 17.1 Å². The van der Waals surface area contributed by atoms with Crippen molar-refractivity contribution in [2.24, 2.45) is 0 Å². The number of benzene rings is 1.